The molecule has 2 aromatic rings. The first-order valence-electron chi connectivity index (χ1n) is 9.76. The van der Waals surface area contributed by atoms with Crippen molar-refractivity contribution in [3.63, 3.8) is 0 Å². The van der Waals surface area contributed by atoms with Crippen molar-refractivity contribution in [3.8, 4) is 0 Å². The fourth-order valence-corrected chi connectivity index (χ4v) is 4.98. The van der Waals surface area contributed by atoms with E-state index >= 15 is 0 Å². The van der Waals surface area contributed by atoms with Gasteiger partial charge in [0.05, 0.1) is 29.2 Å². The third-order valence-corrected chi connectivity index (χ3v) is 7.23. The fraction of sp³-hybridized carbons (Fsp3) is 0.286. The molecule has 2 aliphatic heterocycles. The highest BCUT2D eigenvalue weighted by Crippen LogP contribution is 2.25. The number of sulfonamides is 1. The Bertz CT molecular complexity index is 1100. The Hall–Kier alpha value is -3.08. The normalized spacial score (nSPS) is 18.0. The van der Waals surface area contributed by atoms with Gasteiger partial charge in [-0.1, -0.05) is 12.1 Å². The van der Waals surface area contributed by atoms with Gasteiger partial charge in [-0.05, 0) is 43.3 Å². The number of nitrogens with one attached hydrogen (secondary N) is 1. The molecule has 1 unspecified atom stereocenters. The highest BCUT2D eigenvalue weighted by molar-refractivity contribution is 7.89. The van der Waals surface area contributed by atoms with Crippen LogP contribution in [0.2, 0.25) is 0 Å². The van der Waals surface area contributed by atoms with Crippen LogP contribution < -0.4 is 5.32 Å². The van der Waals surface area contributed by atoms with Crippen LogP contribution in [0.25, 0.3) is 0 Å². The van der Waals surface area contributed by atoms with Gasteiger partial charge >= 0.3 is 0 Å². The molecule has 0 aliphatic carbocycles. The van der Waals surface area contributed by atoms with Crippen molar-refractivity contribution in [3.05, 3.63) is 59.7 Å². The van der Waals surface area contributed by atoms with E-state index < -0.39 is 33.8 Å². The van der Waals surface area contributed by atoms with Crippen molar-refractivity contribution in [1.82, 2.24) is 9.21 Å². The summed E-state index contributed by atoms with van der Waals surface area (Å²) < 4.78 is 31.9. The summed E-state index contributed by atoms with van der Waals surface area (Å²) >= 11 is 0. The lowest BCUT2D eigenvalue weighted by Crippen LogP contribution is -2.45. The molecule has 1 atom stereocenters. The number of hydrogen-bond acceptors (Lipinski definition) is 6. The van der Waals surface area contributed by atoms with Crippen LogP contribution in [0, 0.1) is 0 Å². The van der Waals surface area contributed by atoms with Gasteiger partial charge in [0.25, 0.3) is 11.8 Å². The minimum atomic E-state index is -3.64. The zero-order valence-corrected chi connectivity index (χ0v) is 17.6. The van der Waals surface area contributed by atoms with E-state index in [1.54, 1.807) is 24.3 Å². The van der Waals surface area contributed by atoms with E-state index in [0.717, 1.165) is 4.90 Å². The Kier molecular flexibility index (Phi) is 5.61. The van der Waals surface area contributed by atoms with Crippen LogP contribution in [0.3, 0.4) is 0 Å². The van der Waals surface area contributed by atoms with Gasteiger partial charge in [-0.3, -0.25) is 19.3 Å². The van der Waals surface area contributed by atoms with Gasteiger partial charge in [0.2, 0.25) is 15.9 Å². The summed E-state index contributed by atoms with van der Waals surface area (Å²) in [5.74, 6) is -1.59. The molecule has 162 valence electrons. The monoisotopic (exact) mass is 443 g/mol. The van der Waals surface area contributed by atoms with Crippen molar-refractivity contribution < 1.29 is 27.5 Å². The minimum absolute atomic E-state index is 0.112. The van der Waals surface area contributed by atoms with E-state index in [9.17, 15) is 22.8 Å². The number of rotatable bonds is 5. The summed E-state index contributed by atoms with van der Waals surface area (Å²) in [5, 5.41) is 2.63. The zero-order valence-electron chi connectivity index (χ0n) is 16.8. The van der Waals surface area contributed by atoms with Crippen LogP contribution in [0.1, 0.15) is 27.6 Å². The first-order chi connectivity index (χ1) is 14.8. The first-order valence-corrected chi connectivity index (χ1v) is 11.2. The minimum Gasteiger partial charge on any atom is -0.379 e. The van der Waals surface area contributed by atoms with E-state index in [1.165, 1.54) is 35.5 Å². The van der Waals surface area contributed by atoms with Crippen molar-refractivity contribution >= 4 is 33.4 Å². The molecule has 3 amide bonds. The van der Waals surface area contributed by atoms with Gasteiger partial charge in [0.1, 0.15) is 6.04 Å². The topological polar surface area (TPSA) is 113 Å². The molecule has 2 heterocycles. The average Bonchev–Trinajstić information content (AvgIpc) is 3.04. The van der Waals surface area contributed by atoms with Crippen molar-refractivity contribution in [2.24, 2.45) is 0 Å². The third-order valence-electron chi connectivity index (χ3n) is 5.32. The van der Waals surface area contributed by atoms with Gasteiger partial charge in [-0.2, -0.15) is 4.31 Å². The van der Waals surface area contributed by atoms with Crippen LogP contribution >= 0.6 is 0 Å². The number of ether oxygens (including phenoxy) is 1. The van der Waals surface area contributed by atoms with Crippen molar-refractivity contribution in [2.75, 3.05) is 31.6 Å². The second kappa shape index (κ2) is 8.22. The Labute approximate surface area is 179 Å². The van der Waals surface area contributed by atoms with Crippen LogP contribution in [-0.2, 0) is 19.6 Å². The number of benzene rings is 2. The molecule has 0 radical (unpaired) electrons. The zero-order chi connectivity index (χ0) is 22.2. The first kappa shape index (κ1) is 21.2. The second-order valence-electron chi connectivity index (χ2n) is 7.23. The Balaban J connectivity index is 1.46. The molecule has 1 saturated heterocycles. The number of carbonyl (C=O) groups is 3. The average molecular weight is 443 g/mol. The summed E-state index contributed by atoms with van der Waals surface area (Å²) in [6, 6.07) is 11.1. The highest BCUT2D eigenvalue weighted by atomic mass is 32.2. The van der Waals surface area contributed by atoms with E-state index in [2.05, 4.69) is 5.32 Å². The predicted octanol–water partition coefficient (Wildman–Crippen LogP) is 1.33. The van der Waals surface area contributed by atoms with Crippen molar-refractivity contribution in [1.29, 1.82) is 0 Å². The summed E-state index contributed by atoms with van der Waals surface area (Å²) in [5.41, 5.74) is 0.893. The molecule has 1 N–H and O–H groups in total. The van der Waals surface area contributed by atoms with Gasteiger partial charge in [-0.25, -0.2) is 8.42 Å². The maximum atomic E-state index is 12.7. The van der Waals surface area contributed by atoms with E-state index in [1.807, 2.05) is 0 Å². The molecule has 0 saturated carbocycles. The number of imide groups is 1. The van der Waals surface area contributed by atoms with Gasteiger partial charge < -0.3 is 10.1 Å². The lowest BCUT2D eigenvalue weighted by molar-refractivity contribution is -0.119. The van der Waals surface area contributed by atoms with Crippen LogP contribution in [0.4, 0.5) is 5.69 Å². The molecule has 2 aliphatic rings. The number of hydrogen-bond donors (Lipinski definition) is 1. The molecule has 0 spiro atoms. The largest absolute Gasteiger partial charge is 0.379 e. The molecule has 4 rings (SSSR count). The second-order valence-corrected chi connectivity index (χ2v) is 9.17. The molecule has 10 heteroatoms. The number of anilines is 1. The molecular formula is C21H21N3O6S. The highest BCUT2D eigenvalue weighted by Gasteiger charge is 2.40. The molecular weight excluding hydrogens is 422 g/mol. The molecule has 9 nitrogen and oxygen atoms in total. The summed E-state index contributed by atoms with van der Waals surface area (Å²) in [4.78, 5) is 38.8. The third kappa shape index (κ3) is 3.85. The molecule has 1 fully saturated rings. The van der Waals surface area contributed by atoms with Crippen LogP contribution in [-0.4, -0.2) is 67.7 Å². The van der Waals surface area contributed by atoms with Gasteiger partial charge in [0, 0.05) is 18.8 Å². The number of fused-ring (bicyclic) bond motifs is 1. The summed E-state index contributed by atoms with van der Waals surface area (Å²) in [6.45, 7) is 2.75. The quantitative estimate of drug-likeness (QED) is 0.698. The summed E-state index contributed by atoms with van der Waals surface area (Å²) in [7, 11) is -3.64. The summed E-state index contributed by atoms with van der Waals surface area (Å²) in [6.07, 6.45) is 0. The number of nitrogens with zero attached hydrogens (tertiary/aromatic N) is 2. The number of carbonyl (C=O) groups excluding carboxylic acids is 3. The van der Waals surface area contributed by atoms with E-state index in [-0.39, 0.29) is 16.0 Å². The lowest BCUT2D eigenvalue weighted by atomic mass is 10.1. The fourth-order valence-electron chi connectivity index (χ4n) is 3.57. The molecule has 0 bridgehead atoms. The van der Waals surface area contributed by atoms with Gasteiger partial charge in [0.15, 0.2) is 0 Å². The van der Waals surface area contributed by atoms with E-state index in [0.29, 0.717) is 32.0 Å². The maximum absolute atomic E-state index is 12.7. The number of morpholine rings is 1. The standard InChI is InChI=1S/C21H21N3O6S/c1-14(24-20(26)17-4-2-3-5-18(17)21(24)27)19(25)22-15-6-8-16(9-7-15)31(28,29)23-10-12-30-13-11-23/h2-9,14H,10-13H2,1H3,(H,22,25). The van der Waals surface area contributed by atoms with Crippen LogP contribution in [0.15, 0.2) is 53.4 Å². The Morgan fingerprint density at radius 1 is 0.968 bits per heavy atom. The molecule has 0 aromatic heterocycles. The van der Waals surface area contributed by atoms with Gasteiger partial charge in [-0.15, -0.1) is 0 Å². The maximum Gasteiger partial charge on any atom is 0.262 e. The Morgan fingerprint density at radius 2 is 1.52 bits per heavy atom. The molecule has 31 heavy (non-hydrogen) atoms. The van der Waals surface area contributed by atoms with Crippen molar-refractivity contribution in [2.45, 2.75) is 17.9 Å². The SMILES string of the molecule is CC(C(=O)Nc1ccc(S(=O)(=O)N2CCOCC2)cc1)N1C(=O)c2ccccc2C1=O. The predicted molar refractivity (Wildman–Crippen MR) is 111 cm³/mol. The smallest absolute Gasteiger partial charge is 0.262 e. The Morgan fingerprint density at radius 3 is 2.06 bits per heavy atom. The lowest BCUT2D eigenvalue weighted by Gasteiger charge is -2.26. The number of amides is 3. The van der Waals surface area contributed by atoms with Crippen LogP contribution in [0.5, 0.6) is 0 Å². The van der Waals surface area contributed by atoms with E-state index in [4.69, 9.17) is 4.74 Å². The molecule has 2 aromatic carbocycles.